The summed E-state index contributed by atoms with van der Waals surface area (Å²) in [6.07, 6.45) is 6.75. The van der Waals surface area contributed by atoms with Crippen LogP contribution < -0.4 is 5.32 Å². The molecule has 1 saturated heterocycles. The van der Waals surface area contributed by atoms with Gasteiger partial charge in [-0.1, -0.05) is 19.3 Å². The predicted molar refractivity (Wildman–Crippen MR) is 58.0 cm³/mol. The van der Waals surface area contributed by atoms with Crippen LogP contribution in [0, 0.1) is 0 Å². The van der Waals surface area contributed by atoms with Crippen molar-refractivity contribution < 1.29 is 9.90 Å². The van der Waals surface area contributed by atoms with Crippen molar-refractivity contribution in [3.8, 4) is 0 Å². The molecule has 15 heavy (non-hydrogen) atoms. The fourth-order valence-corrected chi connectivity index (χ4v) is 2.67. The minimum atomic E-state index is -0.775. The van der Waals surface area contributed by atoms with E-state index in [9.17, 15) is 4.79 Å². The molecule has 0 spiro atoms. The molecule has 0 bridgehead atoms. The van der Waals surface area contributed by atoms with E-state index < -0.39 is 6.09 Å². The molecule has 2 fully saturated rings. The number of carboxylic acid groups (broad SMARTS) is 1. The van der Waals surface area contributed by atoms with E-state index in [1.165, 1.54) is 37.0 Å². The summed E-state index contributed by atoms with van der Waals surface area (Å²) in [5.74, 6) is 0. The number of rotatable bonds is 2. The van der Waals surface area contributed by atoms with Crippen molar-refractivity contribution in [3.63, 3.8) is 0 Å². The molecule has 86 valence electrons. The lowest BCUT2D eigenvalue weighted by atomic mass is 9.95. The second-order valence-electron chi connectivity index (χ2n) is 4.72. The van der Waals surface area contributed by atoms with Crippen LogP contribution in [-0.2, 0) is 0 Å². The van der Waals surface area contributed by atoms with Crippen LogP contribution in [0.3, 0.4) is 0 Å². The summed E-state index contributed by atoms with van der Waals surface area (Å²) in [6.45, 7) is 1.37. The Morgan fingerprint density at radius 2 is 1.87 bits per heavy atom. The van der Waals surface area contributed by atoms with Gasteiger partial charge < -0.3 is 15.3 Å². The first-order chi connectivity index (χ1) is 7.25. The van der Waals surface area contributed by atoms with E-state index in [-0.39, 0.29) is 0 Å². The van der Waals surface area contributed by atoms with Gasteiger partial charge in [-0.25, -0.2) is 4.79 Å². The molecular weight excluding hydrogens is 192 g/mol. The monoisotopic (exact) mass is 212 g/mol. The lowest BCUT2D eigenvalue weighted by molar-refractivity contribution is 0.154. The fourth-order valence-electron chi connectivity index (χ4n) is 2.67. The molecule has 1 atom stereocenters. The van der Waals surface area contributed by atoms with Crippen LogP contribution in [0.1, 0.15) is 38.5 Å². The maximum atomic E-state index is 10.7. The summed E-state index contributed by atoms with van der Waals surface area (Å²) >= 11 is 0. The van der Waals surface area contributed by atoms with E-state index in [2.05, 4.69) is 5.32 Å². The number of amides is 1. The van der Waals surface area contributed by atoms with Crippen molar-refractivity contribution in [1.29, 1.82) is 0 Å². The highest BCUT2D eigenvalue weighted by Crippen LogP contribution is 2.19. The number of nitrogens with zero attached hydrogens (tertiary/aromatic N) is 1. The first-order valence-corrected chi connectivity index (χ1v) is 5.99. The van der Waals surface area contributed by atoms with Gasteiger partial charge in [-0.15, -0.1) is 0 Å². The van der Waals surface area contributed by atoms with E-state index in [4.69, 9.17) is 5.11 Å². The molecule has 1 amide bonds. The molecule has 0 aromatic heterocycles. The molecule has 1 aliphatic heterocycles. The predicted octanol–water partition coefficient (Wildman–Crippen LogP) is 1.66. The molecule has 1 aliphatic carbocycles. The SMILES string of the molecule is O=C(O)N1CC[C@H](NC2CCCCC2)C1. The highest BCUT2D eigenvalue weighted by Gasteiger charge is 2.27. The van der Waals surface area contributed by atoms with Gasteiger partial charge in [0.15, 0.2) is 0 Å². The Labute approximate surface area is 90.6 Å². The highest BCUT2D eigenvalue weighted by atomic mass is 16.4. The topological polar surface area (TPSA) is 52.6 Å². The number of likely N-dealkylation sites (tertiary alicyclic amines) is 1. The van der Waals surface area contributed by atoms with Crippen LogP contribution in [0.4, 0.5) is 4.79 Å². The van der Waals surface area contributed by atoms with Crippen LogP contribution in [-0.4, -0.2) is 41.3 Å². The summed E-state index contributed by atoms with van der Waals surface area (Å²) in [7, 11) is 0. The molecular formula is C11H20N2O2. The molecule has 2 aliphatic rings. The molecule has 4 heteroatoms. The minimum absolute atomic E-state index is 0.393. The van der Waals surface area contributed by atoms with Crippen molar-refractivity contribution in [1.82, 2.24) is 10.2 Å². The molecule has 2 N–H and O–H groups in total. The first kappa shape index (κ1) is 10.7. The van der Waals surface area contributed by atoms with Gasteiger partial charge in [-0.2, -0.15) is 0 Å². The molecule has 1 heterocycles. The van der Waals surface area contributed by atoms with Gasteiger partial charge in [0.1, 0.15) is 0 Å². The van der Waals surface area contributed by atoms with Crippen molar-refractivity contribution in [2.45, 2.75) is 50.6 Å². The zero-order valence-corrected chi connectivity index (χ0v) is 9.11. The summed E-state index contributed by atoms with van der Waals surface area (Å²) < 4.78 is 0. The number of hydrogen-bond acceptors (Lipinski definition) is 2. The standard InChI is InChI=1S/C11H20N2O2/c14-11(15)13-7-6-10(8-13)12-9-4-2-1-3-5-9/h9-10,12H,1-8H2,(H,14,15)/t10-/m0/s1. The van der Waals surface area contributed by atoms with Crippen molar-refractivity contribution in [2.75, 3.05) is 13.1 Å². The Balaban J connectivity index is 1.74. The van der Waals surface area contributed by atoms with E-state index in [0.29, 0.717) is 25.2 Å². The number of hydrogen-bond donors (Lipinski definition) is 2. The fraction of sp³-hybridized carbons (Fsp3) is 0.909. The average Bonchev–Trinajstić information content (AvgIpc) is 2.68. The zero-order chi connectivity index (χ0) is 10.7. The van der Waals surface area contributed by atoms with E-state index in [0.717, 1.165) is 6.42 Å². The first-order valence-electron chi connectivity index (χ1n) is 5.99. The van der Waals surface area contributed by atoms with Gasteiger partial charge in [0.25, 0.3) is 0 Å². The van der Waals surface area contributed by atoms with Crippen LogP contribution in [0.5, 0.6) is 0 Å². The Morgan fingerprint density at radius 3 is 2.47 bits per heavy atom. The van der Waals surface area contributed by atoms with Crippen molar-refractivity contribution >= 4 is 6.09 Å². The maximum Gasteiger partial charge on any atom is 0.407 e. The van der Waals surface area contributed by atoms with Crippen LogP contribution in [0.25, 0.3) is 0 Å². The molecule has 0 unspecified atom stereocenters. The molecule has 0 aromatic carbocycles. The highest BCUT2D eigenvalue weighted by molar-refractivity contribution is 5.65. The summed E-state index contributed by atoms with van der Waals surface area (Å²) in [4.78, 5) is 12.3. The van der Waals surface area contributed by atoms with Gasteiger partial charge in [-0.3, -0.25) is 0 Å². The van der Waals surface area contributed by atoms with Gasteiger partial charge in [0, 0.05) is 25.2 Å². The Morgan fingerprint density at radius 1 is 1.13 bits per heavy atom. The Kier molecular flexibility index (Phi) is 3.46. The molecule has 0 aromatic rings. The van der Waals surface area contributed by atoms with Gasteiger partial charge >= 0.3 is 6.09 Å². The second kappa shape index (κ2) is 4.84. The third-order valence-electron chi connectivity index (χ3n) is 3.54. The quantitative estimate of drug-likeness (QED) is 0.732. The van der Waals surface area contributed by atoms with Gasteiger partial charge in [0.2, 0.25) is 0 Å². The van der Waals surface area contributed by atoms with E-state index in [1.807, 2.05) is 0 Å². The largest absolute Gasteiger partial charge is 0.465 e. The van der Waals surface area contributed by atoms with Crippen LogP contribution >= 0.6 is 0 Å². The summed E-state index contributed by atoms with van der Waals surface area (Å²) in [5, 5.41) is 12.4. The zero-order valence-electron chi connectivity index (χ0n) is 9.11. The summed E-state index contributed by atoms with van der Waals surface area (Å²) in [6, 6.07) is 1.03. The Hall–Kier alpha value is -0.770. The summed E-state index contributed by atoms with van der Waals surface area (Å²) in [5.41, 5.74) is 0. The lowest BCUT2D eigenvalue weighted by Gasteiger charge is -2.26. The van der Waals surface area contributed by atoms with Crippen molar-refractivity contribution in [3.05, 3.63) is 0 Å². The third-order valence-corrected chi connectivity index (χ3v) is 3.54. The van der Waals surface area contributed by atoms with Crippen LogP contribution in [0.15, 0.2) is 0 Å². The van der Waals surface area contributed by atoms with Crippen LogP contribution in [0.2, 0.25) is 0 Å². The number of carbonyl (C=O) groups is 1. The Bertz CT molecular complexity index is 227. The van der Waals surface area contributed by atoms with Gasteiger partial charge in [0.05, 0.1) is 0 Å². The van der Waals surface area contributed by atoms with E-state index >= 15 is 0 Å². The molecule has 4 nitrogen and oxygen atoms in total. The van der Waals surface area contributed by atoms with Gasteiger partial charge in [-0.05, 0) is 19.3 Å². The second-order valence-corrected chi connectivity index (χ2v) is 4.72. The number of nitrogens with one attached hydrogen (secondary N) is 1. The van der Waals surface area contributed by atoms with E-state index in [1.54, 1.807) is 0 Å². The third kappa shape index (κ3) is 2.84. The smallest absolute Gasteiger partial charge is 0.407 e. The molecule has 1 saturated carbocycles. The normalized spacial score (nSPS) is 28.3. The maximum absolute atomic E-state index is 10.7. The average molecular weight is 212 g/mol. The lowest BCUT2D eigenvalue weighted by Crippen LogP contribution is -2.41. The minimum Gasteiger partial charge on any atom is -0.465 e. The van der Waals surface area contributed by atoms with Crippen molar-refractivity contribution in [2.24, 2.45) is 0 Å². The molecule has 0 radical (unpaired) electrons. The molecule has 2 rings (SSSR count).